The van der Waals surface area contributed by atoms with Crippen LogP contribution in [0.4, 0.5) is 0 Å². The van der Waals surface area contributed by atoms with Gasteiger partial charge in [0.05, 0.1) is 17.8 Å². The molecule has 4 heteroatoms. The standard InChI is InChI=1S/C17H24N2OS/c1-13(2)10-18-11-15-6-4-5-7-16(15)20-9-8-17-14(3)19-12-21-17/h4-7,12-13,18H,8-11H2,1-3H3. The molecule has 2 aromatic rings. The third-order valence-electron chi connectivity index (χ3n) is 3.27. The Morgan fingerprint density at radius 3 is 2.81 bits per heavy atom. The molecule has 0 aliphatic carbocycles. The summed E-state index contributed by atoms with van der Waals surface area (Å²) in [5.41, 5.74) is 4.24. The first-order valence-electron chi connectivity index (χ1n) is 7.47. The van der Waals surface area contributed by atoms with Gasteiger partial charge in [-0.25, -0.2) is 4.98 Å². The van der Waals surface area contributed by atoms with E-state index in [2.05, 4.69) is 43.2 Å². The number of aryl methyl sites for hydroxylation is 1. The summed E-state index contributed by atoms with van der Waals surface area (Å²) in [5.74, 6) is 1.64. The van der Waals surface area contributed by atoms with Crippen molar-refractivity contribution in [1.82, 2.24) is 10.3 Å². The number of nitrogens with zero attached hydrogens (tertiary/aromatic N) is 1. The summed E-state index contributed by atoms with van der Waals surface area (Å²) >= 11 is 1.70. The van der Waals surface area contributed by atoms with Crippen LogP contribution in [0, 0.1) is 12.8 Å². The van der Waals surface area contributed by atoms with Gasteiger partial charge in [0.15, 0.2) is 0 Å². The summed E-state index contributed by atoms with van der Waals surface area (Å²) in [5, 5.41) is 3.47. The number of rotatable bonds is 8. The van der Waals surface area contributed by atoms with Gasteiger partial charge in [0.2, 0.25) is 0 Å². The quantitative estimate of drug-likeness (QED) is 0.805. The minimum Gasteiger partial charge on any atom is -0.493 e. The molecule has 0 saturated carbocycles. The number of aromatic nitrogens is 1. The topological polar surface area (TPSA) is 34.1 Å². The molecule has 21 heavy (non-hydrogen) atoms. The van der Waals surface area contributed by atoms with Gasteiger partial charge in [0.25, 0.3) is 0 Å². The van der Waals surface area contributed by atoms with Gasteiger partial charge in [-0.05, 0) is 25.5 Å². The average Bonchev–Trinajstić information content (AvgIpc) is 2.86. The second kappa shape index (κ2) is 8.15. The van der Waals surface area contributed by atoms with E-state index in [4.69, 9.17) is 4.74 Å². The smallest absolute Gasteiger partial charge is 0.123 e. The molecule has 0 aliphatic rings. The van der Waals surface area contributed by atoms with Crippen LogP contribution < -0.4 is 10.1 Å². The van der Waals surface area contributed by atoms with Crippen molar-refractivity contribution in [3.8, 4) is 5.75 Å². The first-order chi connectivity index (χ1) is 10.2. The number of benzene rings is 1. The Bertz CT molecular complexity index is 551. The van der Waals surface area contributed by atoms with Gasteiger partial charge in [0.1, 0.15) is 5.75 Å². The van der Waals surface area contributed by atoms with Crippen molar-refractivity contribution in [3.05, 3.63) is 45.9 Å². The highest BCUT2D eigenvalue weighted by atomic mass is 32.1. The van der Waals surface area contributed by atoms with Gasteiger partial charge in [-0.2, -0.15) is 0 Å². The molecule has 114 valence electrons. The van der Waals surface area contributed by atoms with Crippen LogP contribution in [0.3, 0.4) is 0 Å². The van der Waals surface area contributed by atoms with E-state index in [1.165, 1.54) is 10.4 Å². The zero-order valence-electron chi connectivity index (χ0n) is 13.1. The molecule has 3 nitrogen and oxygen atoms in total. The van der Waals surface area contributed by atoms with Gasteiger partial charge >= 0.3 is 0 Å². The molecule has 0 amide bonds. The van der Waals surface area contributed by atoms with Crippen LogP contribution in [0.1, 0.15) is 30.0 Å². The number of hydrogen-bond donors (Lipinski definition) is 1. The van der Waals surface area contributed by atoms with E-state index in [0.717, 1.165) is 31.0 Å². The summed E-state index contributed by atoms with van der Waals surface area (Å²) < 4.78 is 5.96. The minimum atomic E-state index is 0.660. The van der Waals surface area contributed by atoms with Crippen molar-refractivity contribution in [2.75, 3.05) is 13.2 Å². The van der Waals surface area contributed by atoms with E-state index < -0.39 is 0 Å². The zero-order valence-corrected chi connectivity index (χ0v) is 13.9. The molecule has 0 fully saturated rings. The van der Waals surface area contributed by atoms with E-state index in [0.29, 0.717) is 12.5 Å². The second-order valence-corrected chi connectivity index (χ2v) is 6.53. The third-order valence-corrected chi connectivity index (χ3v) is 4.27. The van der Waals surface area contributed by atoms with E-state index >= 15 is 0 Å². The maximum absolute atomic E-state index is 5.96. The monoisotopic (exact) mass is 304 g/mol. The first-order valence-corrected chi connectivity index (χ1v) is 8.35. The van der Waals surface area contributed by atoms with E-state index in [1.807, 2.05) is 17.6 Å². The second-order valence-electron chi connectivity index (χ2n) is 5.59. The summed E-state index contributed by atoms with van der Waals surface area (Å²) in [6, 6.07) is 8.26. The Morgan fingerprint density at radius 1 is 1.29 bits per heavy atom. The molecule has 0 unspecified atom stereocenters. The maximum Gasteiger partial charge on any atom is 0.123 e. The summed E-state index contributed by atoms with van der Waals surface area (Å²) in [6.45, 7) is 9.06. The molecular formula is C17H24N2OS. The molecular weight excluding hydrogens is 280 g/mol. The van der Waals surface area contributed by atoms with Crippen molar-refractivity contribution >= 4 is 11.3 Å². The van der Waals surface area contributed by atoms with Crippen molar-refractivity contribution in [3.63, 3.8) is 0 Å². The number of nitrogens with one attached hydrogen (secondary N) is 1. The molecule has 1 N–H and O–H groups in total. The van der Waals surface area contributed by atoms with Gasteiger partial charge in [-0.3, -0.25) is 0 Å². The van der Waals surface area contributed by atoms with Crippen LogP contribution in [-0.4, -0.2) is 18.1 Å². The fourth-order valence-corrected chi connectivity index (χ4v) is 2.87. The highest BCUT2D eigenvalue weighted by Gasteiger charge is 2.05. The predicted molar refractivity (Wildman–Crippen MR) is 89.0 cm³/mol. The lowest BCUT2D eigenvalue weighted by Gasteiger charge is -2.13. The van der Waals surface area contributed by atoms with Gasteiger partial charge in [0, 0.05) is 23.4 Å². The number of para-hydroxylation sites is 1. The van der Waals surface area contributed by atoms with Crippen LogP contribution in [0.15, 0.2) is 29.8 Å². The molecule has 0 bridgehead atoms. The van der Waals surface area contributed by atoms with E-state index in [9.17, 15) is 0 Å². The molecule has 2 rings (SSSR count). The summed E-state index contributed by atoms with van der Waals surface area (Å²) in [6.07, 6.45) is 0.921. The first kappa shape index (κ1) is 16.0. The molecule has 1 heterocycles. The summed E-state index contributed by atoms with van der Waals surface area (Å²) in [7, 11) is 0. The number of hydrogen-bond acceptors (Lipinski definition) is 4. The summed E-state index contributed by atoms with van der Waals surface area (Å²) in [4.78, 5) is 5.58. The van der Waals surface area contributed by atoms with Crippen LogP contribution >= 0.6 is 11.3 Å². The Hall–Kier alpha value is -1.39. The largest absolute Gasteiger partial charge is 0.493 e. The molecule has 1 aromatic carbocycles. The lowest BCUT2D eigenvalue weighted by molar-refractivity contribution is 0.318. The molecule has 1 aromatic heterocycles. The van der Waals surface area contributed by atoms with Crippen molar-refractivity contribution in [2.45, 2.75) is 33.7 Å². The van der Waals surface area contributed by atoms with Crippen molar-refractivity contribution < 1.29 is 4.74 Å². The van der Waals surface area contributed by atoms with Crippen molar-refractivity contribution in [1.29, 1.82) is 0 Å². The lowest BCUT2D eigenvalue weighted by Crippen LogP contribution is -2.19. The third kappa shape index (κ3) is 5.14. The Kier molecular flexibility index (Phi) is 6.21. The van der Waals surface area contributed by atoms with Gasteiger partial charge in [-0.15, -0.1) is 11.3 Å². The molecule has 0 radical (unpaired) electrons. The molecule has 0 atom stereocenters. The Balaban J connectivity index is 1.86. The van der Waals surface area contributed by atoms with Crippen LogP contribution in [-0.2, 0) is 13.0 Å². The van der Waals surface area contributed by atoms with Gasteiger partial charge < -0.3 is 10.1 Å². The van der Waals surface area contributed by atoms with Crippen molar-refractivity contribution in [2.24, 2.45) is 5.92 Å². The SMILES string of the molecule is Cc1ncsc1CCOc1ccccc1CNCC(C)C. The fraction of sp³-hybridized carbons (Fsp3) is 0.471. The zero-order chi connectivity index (χ0) is 15.1. The minimum absolute atomic E-state index is 0.660. The fourth-order valence-electron chi connectivity index (χ4n) is 2.11. The number of ether oxygens (including phenoxy) is 1. The predicted octanol–water partition coefficient (Wildman–Crippen LogP) is 3.82. The highest BCUT2D eigenvalue weighted by Crippen LogP contribution is 2.19. The molecule has 0 aliphatic heterocycles. The Morgan fingerprint density at radius 2 is 2.10 bits per heavy atom. The number of thiazole rings is 1. The van der Waals surface area contributed by atoms with Crippen LogP contribution in [0.5, 0.6) is 5.75 Å². The van der Waals surface area contributed by atoms with Crippen LogP contribution in [0.25, 0.3) is 0 Å². The normalized spacial score (nSPS) is 11.0. The highest BCUT2D eigenvalue weighted by molar-refractivity contribution is 7.09. The molecule has 0 spiro atoms. The van der Waals surface area contributed by atoms with Gasteiger partial charge in [-0.1, -0.05) is 32.0 Å². The van der Waals surface area contributed by atoms with E-state index in [1.54, 1.807) is 11.3 Å². The van der Waals surface area contributed by atoms with E-state index in [-0.39, 0.29) is 0 Å². The lowest BCUT2D eigenvalue weighted by atomic mass is 10.2. The Labute approximate surface area is 131 Å². The van der Waals surface area contributed by atoms with Crippen LogP contribution in [0.2, 0.25) is 0 Å². The maximum atomic E-state index is 5.96. The average molecular weight is 304 g/mol. The molecule has 0 saturated heterocycles.